The maximum atomic E-state index is 11.4. The molecule has 0 bridgehead atoms. The fourth-order valence-corrected chi connectivity index (χ4v) is 6.89. The van der Waals surface area contributed by atoms with E-state index in [2.05, 4.69) is 34.6 Å². The molecule has 4 heteroatoms. The predicted octanol–water partition coefficient (Wildman–Crippen LogP) is 6.58. The molecule has 0 radical (unpaired) electrons. The molecule has 2 aromatic rings. The van der Waals surface area contributed by atoms with Gasteiger partial charge < -0.3 is 9.67 Å². The number of aliphatic hydroxyl groups excluding tert-OH is 1. The molecule has 1 N–H and O–H groups in total. The van der Waals surface area contributed by atoms with Crippen LogP contribution in [0, 0.1) is 6.92 Å². The van der Waals surface area contributed by atoms with Gasteiger partial charge in [-0.15, -0.1) is 12.4 Å². The standard InChI is InChI=1S/C28H42N2O.ClH/c1-21-16-17-28-26(18-21)25-14-8-9-15-27(25)30(28)20-24(31)19-29(22-10-4-2-5-11-22)23-12-6-3-7-13-23;/h16-18,22-24,31H,2-15,19-20H2,1H3;1H. The number of halogens is 1. The molecule has 32 heavy (non-hydrogen) atoms. The Labute approximate surface area is 201 Å². The van der Waals surface area contributed by atoms with E-state index in [0.29, 0.717) is 12.1 Å². The lowest BCUT2D eigenvalue weighted by molar-refractivity contribution is 0.0235. The summed E-state index contributed by atoms with van der Waals surface area (Å²) in [6, 6.07) is 8.32. The number of benzene rings is 1. The van der Waals surface area contributed by atoms with Gasteiger partial charge in [-0.25, -0.2) is 0 Å². The summed E-state index contributed by atoms with van der Waals surface area (Å²) < 4.78 is 2.49. The Kier molecular flexibility index (Phi) is 8.23. The Morgan fingerprint density at radius 1 is 0.906 bits per heavy atom. The summed E-state index contributed by atoms with van der Waals surface area (Å²) in [4.78, 5) is 2.77. The number of rotatable bonds is 6. The molecule has 5 rings (SSSR count). The van der Waals surface area contributed by atoms with Gasteiger partial charge in [-0.2, -0.15) is 0 Å². The molecule has 1 atom stereocenters. The molecule has 1 heterocycles. The summed E-state index contributed by atoms with van der Waals surface area (Å²) in [7, 11) is 0. The third kappa shape index (κ3) is 5.05. The summed E-state index contributed by atoms with van der Waals surface area (Å²) >= 11 is 0. The van der Waals surface area contributed by atoms with E-state index in [1.165, 1.54) is 112 Å². The second-order valence-electron chi connectivity index (χ2n) is 10.7. The summed E-state index contributed by atoms with van der Waals surface area (Å²) in [5.74, 6) is 0. The van der Waals surface area contributed by atoms with E-state index in [-0.39, 0.29) is 18.5 Å². The van der Waals surface area contributed by atoms with Crippen molar-refractivity contribution in [2.75, 3.05) is 6.54 Å². The van der Waals surface area contributed by atoms with Crippen molar-refractivity contribution in [3.63, 3.8) is 0 Å². The number of aryl methyl sites for hydroxylation is 2. The number of hydrogen-bond donors (Lipinski definition) is 1. The van der Waals surface area contributed by atoms with Crippen LogP contribution in [0.5, 0.6) is 0 Å². The summed E-state index contributed by atoms with van der Waals surface area (Å²) in [6.07, 6.45) is 18.3. The highest BCUT2D eigenvalue weighted by Crippen LogP contribution is 2.34. The van der Waals surface area contributed by atoms with E-state index in [4.69, 9.17) is 0 Å². The zero-order valence-electron chi connectivity index (χ0n) is 20.0. The Morgan fingerprint density at radius 2 is 1.53 bits per heavy atom. The van der Waals surface area contributed by atoms with Gasteiger partial charge in [0.15, 0.2) is 0 Å². The molecule has 2 saturated carbocycles. The smallest absolute Gasteiger partial charge is 0.0846 e. The van der Waals surface area contributed by atoms with Gasteiger partial charge in [-0.3, -0.25) is 4.90 Å². The molecule has 0 saturated heterocycles. The van der Waals surface area contributed by atoms with Crippen molar-refractivity contribution in [2.45, 2.75) is 122 Å². The monoisotopic (exact) mass is 458 g/mol. The fourth-order valence-electron chi connectivity index (χ4n) is 6.89. The maximum Gasteiger partial charge on any atom is 0.0846 e. The number of nitrogens with zero attached hydrogens (tertiary/aromatic N) is 2. The quantitative estimate of drug-likeness (QED) is 0.529. The van der Waals surface area contributed by atoms with Crippen LogP contribution < -0.4 is 0 Å². The highest BCUT2D eigenvalue weighted by molar-refractivity contribution is 5.86. The fraction of sp³-hybridized carbons (Fsp3) is 0.714. The van der Waals surface area contributed by atoms with Crippen LogP contribution in [-0.4, -0.2) is 39.3 Å². The van der Waals surface area contributed by atoms with Gasteiger partial charge >= 0.3 is 0 Å². The van der Waals surface area contributed by atoms with Crippen LogP contribution in [0.4, 0.5) is 0 Å². The van der Waals surface area contributed by atoms with Crippen LogP contribution in [0.1, 0.15) is 93.9 Å². The topological polar surface area (TPSA) is 28.4 Å². The van der Waals surface area contributed by atoms with Gasteiger partial charge in [0.2, 0.25) is 0 Å². The lowest BCUT2D eigenvalue weighted by Crippen LogP contribution is -2.49. The van der Waals surface area contributed by atoms with Gasteiger partial charge in [0.25, 0.3) is 0 Å². The molecule has 1 aromatic heterocycles. The van der Waals surface area contributed by atoms with E-state index in [1.807, 2.05) is 0 Å². The Balaban J connectivity index is 0.00000245. The van der Waals surface area contributed by atoms with Crippen molar-refractivity contribution < 1.29 is 5.11 Å². The largest absolute Gasteiger partial charge is 0.390 e. The van der Waals surface area contributed by atoms with Crippen molar-refractivity contribution in [1.82, 2.24) is 9.47 Å². The normalized spacial score (nSPS) is 21.5. The Bertz CT molecular complexity index is 861. The SMILES string of the molecule is Cc1ccc2c(c1)c1c(n2CC(O)CN(C2CCCCC2)C2CCCCC2)CCCC1.Cl. The first kappa shape index (κ1) is 24.1. The summed E-state index contributed by atoms with van der Waals surface area (Å²) in [6.45, 7) is 3.81. The van der Waals surface area contributed by atoms with Crippen molar-refractivity contribution in [3.8, 4) is 0 Å². The highest BCUT2D eigenvalue weighted by Gasteiger charge is 2.31. The van der Waals surface area contributed by atoms with Crippen molar-refractivity contribution >= 4 is 23.3 Å². The lowest BCUT2D eigenvalue weighted by atomic mass is 9.88. The molecule has 3 nitrogen and oxygen atoms in total. The van der Waals surface area contributed by atoms with Crippen LogP contribution in [-0.2, 0) is 19.4 Å². The summed E-state index contributed by atoms with van der Waals surface area (Å²) in [5, 5.41) is 12.8. The average molecular weight is 459 g/mol. The molecule has 1 aromatic carbocycles. The van der Waals surface area contributed by atoms with Gasteiger partial charge in [0, 0.05) is 35.2 Å². The van der Waals surface area contributed by atoms with Crippen LogP contribution in [0.3, 0.4) is 0 Å². The molecule has 0 aliphatic heterocycles. The van der Waals surface area contributed by atoms with Crippen LogP contribution in [0.25, 0.3) is 10.9 Å². The average Bonchev–Trinajstić information content (AvgIpc) is 3.11. The number of aliphatic hydroxyl groups is 1. The molecule has 3 aliphatic rings. The van der Waals surface area contributed by atoms with Gasteiger partial charge in [0.05, 0.1) is 12.6 Å². The van der Waals surface area contributed by atoms with E-state index in [1.54, 1.807) is 5.56 Å². The molecule has 1 unspecified atom stereocenters. The molecule has 0 amide bonds. The van der Waals surface area contributed by atoms with E-state index < -0.39 is 0 Å². The molecule has 2 fully saturated rings. The molecule has 178 valence electrons. The number of aromatic nitrogens is 1. The lowest BCUT2D eigenvalue weighted by Gasteiger charge is -2.42. The van der Waals surface area contributed by atoms with Gasteiger partial charge in [-0.1, -0.05) is 50.2 Å². The van der Waals surface area contributed by atoms with E-state index in [0.717, 1.165) is 13.1 Å². The van der Waals surface area contributed by atoms with Crippen LogP contribution in [0.2, 0.25) is 0 Å². The van der Waals surface area contributed by atoms with Crippen LogP contribution in [0.15, 0.2) is 18.2 Å². The van der Waals surface area contributed by atoms with Crippen molar-refractivity contribution in [1.29, 1.82) is 0 Å². The number of fused-ring (bicyclic) bond motifs is 3. The first-order valence-corrected chi connectivity index (χ1v) is 13.2. The minimum atomic E-state index is -0.285. The predicted molar refractivity (Wildman–Crippen MR) is 137 cm³/mol. The van der Waals surface area contributed by atoms with Crippen molar-refractivity contribution in [3.05, 3.63) is 35.0 Å². The molecule has 0 spiro atoms. The maximum absolute atomic E-state index is 11.4. The highest BCUT2D eigenvalue weighted by atomic mass is 35.5. The molecular weight excluding hydrogens is 416 g/mol. The minimum absolute atomic E-state index is 0. The second kappa shape index (κ2) is 10.9. The second-order valence-corrected chi connectivity index (χ2v) is 10.7. The Hall–Kier alpha value is -1.03. The van der Waals surface area contributed by atoms with E-state index >= 15 is 0 Å². The first-order valence-electron chi connectivity index (χ1n) is 13.2. The van der Waals surface area contributed by atoms with Gasteiger partial charge in [0.1, 0.15) is 0 Å². The zero-order valence-corrected chi connectivity index (χ0v) is 20.8. The Morgan fingerprint density at radius 3 is 2.19 bits per heavy atom. The summed E-state index contributed by atoms with van der Waals surface area (Å²) in [5.41, 5.74) is 5.76. The third-order valence-electron chi connectivity index (χ3n) is 8.43. The zero-order chi connectivity index (χ0) is 21.2. The molecular formula is C28H43ClN2O. The van der Waals surface area contributed by atoms with Crippen LogP contribution >= 0.6 is 12.4 Å². The van der Waals surface area contributed by atoms with E-state index in [9.17, 15) is 5.11 Å². The molecule has 3 aliphatic carbocycles. The van der Waals surface area contributed by atoms with Gasteiger partial charge in [-0.05, 0) is 76.0 Å². The minimum Gasteiger partial charge on any atom is -0.390 e. The number of hydrogen-bond acceptors (Lipinski definition) is 2. The third-order valence-corrected chi connectivity index (χ3v) is 8.43. The van der Waals surface area contributed by atoms with Crippen molar-refractivity contribution in [2.24, 2.45) is 0 Å². The first-order chi connectivity index (χ1) is 15.2.